The second kappa shape index (κ2) is 19.8. The van der Waals surface area contributed by atoms with Crippen LogP contribution in [-0.4, -0.2) is 56.0 Å². The van der Waals surface area contributed by atoms with Crippen molar-refractivity contribution >= 4 is 68.5 Å². The number of carbonyl (C=O) groups excluding carboxylic acids is 1. The molecule has 8 aromatic rings. The van der Waals surface area contributed by atoms with Crippen molar-refractivity contribution in [2.24, 2.45) is 19.8 Å². The summed E-state index contributed by atoms with van der Waals surface area (Å²) >= 11 is 12.0. The lowest BCUT2D eigenvalue weighted by molar-refractivity contribution is 0.0685. The van der Waals surface area contributed by atoms with Crippen molar-refractivity contribution in [3.8, 4) is 0 Å². The van der Waals surface area contributed by atoms with Crippen LogP contribution in [-0.2, 0) is 40.0 Å². The highest BCUT2D eigenvalue weighted by Crippen LogP contribution is 2.22. The van der Waals surface area contributed by atoms with E-state index in [4.69, 9.17) is 45.5 Å². The predicted molar refractivity (Wildman–Crippen MR) is 248 cm³/mol. The summed E-state index contributed by atoms with van der Waals surface area (Å²) in [6, 6.07) is 19.3. The molecule has 0 atom stereocenters. The third kappa shape index (κ3) is 11.1. The maximum atomic E-state index is 12.8. The van der Waals surface area contributed by atoms with Gasteiger partial charge in [0.15, 0.2) is 0 Å². The monoisotopic (exact) mass is 886 g/mol. The number of nitrogens with one attached hydrogen (secondary N) is 1. The molecule has 8 rings (SSSR count). The summed E-state index contributed by atoms with van der Waals surface area (Å²) < 4.78 is 3.40. The van der Waals surface area contributed by atoms with Crippen LogP contribution in [0.2, 0.25) is 10.0 Å². The van der Waals surface area contributed by atoms with Crippen LogP contribution in [0.25, 0.3) is 21.8 Å². The van der Waals surface area contributed by atoms with Gasteiger partial charge in [0, 0.05) is 74.6 Å². The Morgan fingerprint density at radius 3 is 1.56 bits per heavy atom. The lowest BCUT2D eigenvalue weighted by atomic mass is 10.1. The van der Waals surface area contributed by atoms with Crippen LogP contribution < -0.4 is 22.5 Å². The van der Waals surface area contributed by atoms with Crippen molar-refractivity contribution in [2.75, 3.05) is 11.5 Å². The number of aryl methyl sites for hydroxylation is 4. The van der Waals surface area contributed by atoms with Crippen molar-refractivity contribution in [3.05, 3.63) is 163 Å². The number of hydrogen-bond acceptors (Lipinski definition) is 11. The minimum Gasteiger partial charge on any atom is -0.477 e. The van der Waals surface area contributed by atoms with Crippen molar-refractivity contribution < 1.29 is 14.7 Å². The number of carbonyl (C=O) groups is 2. The summed E-state index contributed by atoms with van der Waals surface area (Å²) in [6.07, 6.45) is 7.36. The van der Waals surface area contributed by atoms with E-state index in [-0.39, 0.29) is 11.6 Å². The molecule has 0 fully saturated rings. The number of pyridine rings is 4. The highest BCUT2D eigenvalue weighted by atomic mass is 35.5. The average molecular weight is 888 g/mol. The maximum absolute atomic E-state index is 12.8. The lowest BCUT2D eigenvalue weighted by Gasteiger charge is -2.12. The Morgan fingerprint density at radius 1 is 0.651 bits per heavy atom. The number of aromatic carboxylic acids is 1. The number of benzene rings is 2. The number of hydrogen-bond donors (Lipinski definition) is 5. The molecule has 0 aliphatic heterocycles. The van der Waals surface area contributed by atoms with Gasteiger partial charge in [0.05, 0.1) is 33.5 Å². The molecule has 0 saturated carbocycles. The minimum atomic E-state index is -0.981. The maximum Gasteiger partial charge on any atom is 0.354 e. The number of halogens is 2. The average Bonchev–Trinajstić information content (AvgIpc) is 3.77. The molecule has 6 heterocycles. The van der Waals surface area contributed by atoms with Crippen LogP contribution in [0.4, 0.5) is 11.6 Å². The molecule has 0 aliphatic rings. The van der Waals surface area contributed by atoms with Gasteiger partial charge in [-0.05, 0) is 110 Å². The number of imidazole rings is 2. The van der Waals surface area contributed by atoms with Crippen molar-refractivity contribution in [2.45, 2.75) is 53.6 Å². The molecule has 1 amide bonds. The highest BCUT2D eigenvalue weighted by molar-refractivity contribution is 6.31. The second-order valence-corrected chi connectivity index (χ2v) is 15.9. The fourth-order valence-corrected chi connectivity index (χ4v) is 7.47. The molecule has 0 radical (unpaired) electrons. The molecule has 324 valence electrons. The third-order valence-corrected chi connectivity index (χ3v) is 11.0. The van der Waals surface area contributed by atoms with E-state index in [2.05, 4.69) is 35.2 Å². The van der Waals surface area contributed by atoms with Crippen LogP contribution in [0.3, 0.4) is 0 Å². The number of carboxylic acid groups (broad SMARTS) is 1. The summed E-state index contributed by atoms with van der Waals surface area (Å²) in [7, 11) is 3.54. The molecule has 0 unspecified atom stereocenters. The Kier molecular flexibility index (Phi) is 14.4. The smallest absolute Gasteiger partial charge is 0.354 e. The fourth-order valence-electron chi connectivity index (χ4n) is 7.14. The minimum absolute atomic E-state index is 0.176. The number of fused-ring (bicyclic) bond motifs is 2. The standard InChI is InChI=1S/C23H23ClN6O.C15H12ClN3O2.C8H13N3/c1-13-6-21(25)29-14(2)18(13)11-28-23(31)20-12-27-22(30(20)3)8-15-4-5-19-16(7-15)9-17(24)10-26-19;1-19-13(15(20)21)8-18-14(19)5-9-2-3-12-10(4-9)6-11(16)7-17-12;1-5-3-8(10)11-6(2)7(5)4-9/h4-7,9-10,12H,8,11H2,1-3H3,(H2,25,29)(H,28,31);2-4,6-8H,5H2,1H3,(H,20,21);3H,4,9H2,1-2H3,(H2,10,11). The van der Waals surface area contributed by atoms with Crippen molar-refractivity contribution in [1.29, 1.82) is 0 Å². The van der Waals surface area contributed by atoms with Gasteiger partial charge in [-0.3, -0.25) is 14.8 Å². The fraction of sp³-hybridized carbons (Fsp3) is 0.217. The number of rotatable bonds is 9. The quantitative estimate of drug-likeness (QED) is 0.0955. The first-order valence-electron chi connectivity index (χ1n) is 19.8. The molecular formula is C46H48Cl2N12O3. The van der Waals surface area contributed by atoms with Crippen molar-refractivity contribution in [3.63, 3.8) is 0 Å². The zero-order chi connectivity index (χ0) is 45.5. The lowest BCUT2D eigenvalue weighted by Crippen LogP contribution is -2.26. The molecule has 0 saturated heterocycles. The topological polar surface area (TPSA) is 232 Å². The number of nitrogen functional groups attached to an aromatic ring is 2. The van der Waals surface area contributed by atoms with E-state index in [1.807, 2.05) is 100.0 Å². The first-order valence-corrected chi connectivity index (χ1v) is 20.5. The van der Waals surface area contributed by atoms with E-state index in [1.54, 1.807) is 30.2 Å². The largest absolute Gasteiger partial charge is 0.477 e. The summed E-state index contributed by atoms with van der Waals surface area (Å²) in [5, 5.41) is 15.1. The Morgan fingerprint density at radius 2 is 1.11 bits per heavy atom. The second-order valence-electron chi connectivity index (χ2n) is 15.0. The number of nitrogens with zero attached hydrogens (tertiary/aromatic N) is 8. The van der Waals surface area contributed by atoms with Crippen LogP contribution in [0.1, 0.15) is 77.4 Å². The molecule has 6 aromatic heterocycles. The SMILES string of the molecule is Cc1cc(N)nc(C)c1CN.Cc1cc(N)nc(C)c1CNC(=O)c1cnc(Cc2ccc3ncc(Cl)cc3c2)n1C.Cn1c(C(=O)O)cnc1Cc1ccc2ncc(Cl)cc2c1. The van der Waals surface area contributed by atoms with Gasteiger partial charge in [-0.2, -0.15) is 0 Å². The van der Waals surface area contributed by atoms with Crippen LogP contribution >= 0.6 is 23.2 Å². The molecule has 17 heteroatoms. The Hall–Kier alpha value is -6.94. The molecule has 15 nitrogen and oxygen atoms in total. The molecule has 8 N–H and O–H groups in total. The third-order valence-electron chi connectivity index (χ3n) is 10.5. The Bertz CT molecular complexity index is 2940. The van der Waals surface area contributed by atoms with Gasteiger partial charge >= 0.3 is 5.97 Å². The van der Waals surface area contributed by atoms with E-state index >= 15 is 0 Å². The van der Waals surface area contributed by atoms with E-state index < -0.39 is 5.97 Å². The van der Waals surface area contributed by atoms with E-state index in [0.29, 0.717) is 59.1 Å². The van der Waals surface area contributed by atoms with E-state index in [1.165, 1.54) is 6.20 Å². The van der Waals surface area contributed by atoms with Crippen LogP contribution in [0.15, 0.2) is 85.5 Å². The molecule has 2 aromatic carbocycles. The predicted octanol–water partition coefficient (Wildman–Crippen LogP) is 7.39. The highest BCUT2D eigenvalue weighted by Gasteiger charge is 2.17. The van der Waals surface area contributed by atoms with Crippen LogP contribution in [0, 0.1) is 27.7 Å². The van der Waals surface area contributed by atoms with Gasteiger partial charge in [-0.15, -0.1) is 0 Å². The number of amides is 1. The normalized spacial score (nSPS) is 10.9. The zero-order valence-corrected chi connectivity index (χ0v) is 37.3. The first-order chi connectivity index (χ1) is 30.0. The van der Waals surface area contributed by atoms with Gasteiger partial charge in [0.25, 0.3) is 5.91 Å². The Balaban J connectivity index is 0.000000177. The van der Waals surface area contributed by atoms with Gasteiger partial charge in [-0.25, -0.2) is 24.7 Å². The summed E-state index contributed by atoms with van der Waals surface area (Å²) in [5.74, 6) is 1.37. The Labute approximate surface area is 374 Å². The molecular weight excluding hydrogens is 839 g/mol. The van der Waals surface area contributed by atoms with Gasteiger partial charge < -0.3 is 36.8 Å². The van der Waals surface area contributed by atoms with E-state index in [9.17, 15) is 9.59 Å². The number of carboxylic acids is 1. The summed E-state index contributed by atoms with van der Waals surface area (Å²) in [6.45, 7) is 8.67. The van der Waals surface area contributed by atoms with Crippen molar-refractivity contribution in [1.82, 2.24) is 44.4 Å². The number of nitrogens with two attached hydrogens (primary N) is 3. The summed E-state index contributed by atoms with van der Waals surface area (Å²) in [5.41, 5.74) is 27.3. The van der Waals surface area contributed by atoms with Gasteiger partial charge in [-0.1, -0.05) is 35.3 Å². The zero-order valence-electron chi connectivity index (χ0n) is 35.7. The molecule has 0 bridgehead atoms. The molecule has 0 aliphatic carbocycles. The van der Waals surface area contributed by atoms with Gasteiger partial charge in [0.2, 0.25) is 0 Å². The molecule has 63 heavy (non-hydrogen) atoms. The van der Waals surface area contributed by atoms with Crippen LogP contribution in [0.5, 0.6) is 0 Å². The molecule has 0 spiro atoms. The van der Waals surface area contributed by atoms with Gasteiger partial charge in [0.1, 0.15) is 34.7 Å². The number of aromatic nitrogens is 8. The van der Waals surface area contributed by atoms with E-state index in [0.717, 1.165) is 72.4 Å². The summed E-state index contributed by atoms with van der Waals surface area (Å²) in [4.78, 5) is 49.4. The number of anilines is 2. The first kappa shape index (κ1) is 45.6.